The molecular weight excluding hydrogens is 326 g/mol. The van der Waals surface area contributed by atoms with Crippen molar-refractivity contribution in [2.45, 2.75) is 24.7 Å². The van der Waals surface area contributed by atoms with E-state index in [0.29, 0.717) is 24.3 Å². The summed E-state index contributed by atoms with van der Waals surface area (Å²) < 4.78 is 0. The number of carbonyl (C=O) groups excluding carboxylic acids is 2. The van der Waals surface area contributed by atoms with E-state index in [2.05, 4.69) is 34.9 Å². The van der Waals surface area contributed by atoms with Gasteiger partial charge in [0.2, 0.25) is 5.91 Å². The normalized spacial score (nSPS) is 22.7. The fourth-order valence-corrected chi connectivity index (χ4v) is 4.23. The zero-order valence-corrected chi connectivity index (χ0v) is 14.6. The van der Waals surface area contributed by atoms with E-state index in [1.807, 2.05) is 6.07 Å². The van der Waals surface area contributed by atoms with Gasteiger partial charge in [-0.15, -0.1) is 0 Å². The number of amides is 2. The summed E-state index contributed by atoms with van der Waals surface area (Å²) in [5, 5.41) is 5.73. The number of rotatable bonds is 5. The van der Waals surface area contributed by atoms with Gasteiger partial charge in [0.25, 0.3) is 5.91 Å². The lowest BCUT2D eigenvalue weighted by molar-refractivity contribution is -0.117. The molecule has 0 unspecified atom stereocenters. The van der Waals surface area contributed by atoms with E-state index in [1.165, 1.54) is 11.1 Å². The first-order valence-electron chi connectivity index (χ1n) is 9.12. The van der Waals surface area contributed by atoms with E-state index in [-0.39, 0.29) is 23.1 Å². The van der Waals surface area contributed by atoms with Gasteiger partial charge in [0.05, 0.1) is 11.3 Å². The van der Waals surface area contributed by atoms with Crippen LogP contribution in [0.1, 0.15) is 34.3 Å². The van der Waals surface area contributed by atoms with Crippen molar-refractivity contribution in [2.24, 2.45) is 11.7 Å². The Hall–Kier alpha value is -2.66. The van der Waals surface area contributed by atoms with Crippen LogP contribution in [-0.4, -0.2) is 24.9 Å². The second kappa shape index (κ2) is 6.57. The van der Waals surface area contributed by atoms with Gasteiger partial charge in [0, 0.05) is 24.4 Å². The van der Waals surface area contributed by atoms with Crippen LogP contribution in [0.5, 0.6) is 0 Å². The highest BCUT2D eigenvalue weighted by Gasteiger charge is 2.61. The number of para-hydroxylation sites is 1. The largest absolute Gasteiger partial charge is 0.351 e. The van der Waals surface area contributed by atoms with Crippen molar-refractivity contribution < 1.29 is 9.59 Å². The van der Waals surface area contributed by atoms with E-state index in [9.17, 15) is 9.59 Å². The van der Waals surface area contributed by atoms with Gasteiger partial charge in [-0.1, -0.05) is 36.4 Å². The summed E-state index contributed by atoms with van der Waals surface area (Å²) in [7, 11) is 0. The molecule has 26 heavy (non-hydrogen) atoms. The average Bonchev–Trinajstić information content (AvgIpc) is 3.29. The second-order valence-corrected chi connectivity index (χ2v) is 7.15. The Bertz CT molecular complexity index is 864. The highest BCUT2D eigenvalue weighted by Crippen LogP contribution is 2.61. The monoisotopic (exact) mass is 349 g/mol. The Balaban J connectivity index is 1.50. The molecule has 1 spiro atoms. The third-order valence-corrected chi connectivity index (χ3v) is 5.65. The van der Waals surface area contributed by atoms with Crippen LogP contribution >= 0.6 is 0 Å². The topological polar surface area (TPSA) is 84.2 Å². The van der Waals surface area contributed by atoms with Gasteiger partial charge in [-0.05, 0) is 42.5 Å². The summed E-state index contributed by atoms with van der Waals surface area (Å²) in [6.07, 6.45) is 2.96. The van der Waals surface area contributed by atoms with Crippen molar-refractivity contribution in [1.82, 2.24) is 5.32 Å². The minimum atomic E-state index is -0.219. The predicted molar refractivity (Wildman–Crippen MR) is 101 cm³/mol. The molecule has 134 valence electrons. The summed E-state index contributed by atoms with van der Waals surface area (Å²) in [5.41, 5.74) is 9.16. The van der Waals surface area contributed by atoms with Crippen molar-refractivity contribution >= 4 is 17.5 Å². The van der Waals surface area contributed by atoms with Crippen molar-refractivity contribution in [3.05, 3.63) is 65.2 Å². The van der Waals surface area contributed by atoms with Gasteiger partial charge in [-0.25, -0.2) is 0 Å². The SMILES string of the molecule is NCCNC(=O)c1ccccc1NC(=O)[C@H]1C[C@]12CCc1ccccc12. The highest BCUT2D eigenvalue weighted by molar-refractivity contribution is 6.05. The van der Waals surface area contributed by atoms with Crippen LogP contribution in [0.4, 0.5) is 5.69 Å². The first-order chi connectivity index (χ1) is 12.7. The fraction of sp³-hybridized carbons (Fsp3) is 0.333. The fourth-order valence-electron chi connectivity index (χ4n) is 4.23. The van der Waals surface area contributed by atoms with Crippen molar-refractivity contribution in [2.75, 3.05) is 18.4 Å². The molecule has 4 N–H and O–H groups in total. The molecule has 2 amide bonds. The maximum absolute atomic E-state index is 12.9. The Morgan fingerprint density at radius 3 is 2.73 bits per heavy atom. The summed E-state index contributed by atoms with van der Waals surface area (Å²) in [6.45, 7) is 0.786. The number of nitrogens with one attached hydrogen (secondary N) is 2. The first kappa shape index (κ1) is 16.8. The van der Waals surface area contributed by atoms with Crippen LogP contribution in [-0.2, 0) is 16.6 Å². The Kier molecular flexibility index (Phi) is 4.24. The molecule has 1 fully saturated rings. The molecule has 0 heterocycles. The van der Waals surface area contributed by atoms with E-state index in [4.69, 9.17) is 5.73 Å². The minimum absolute atomic E-state index is 0.000720. The zero-order chi connectivity index (χ0) is 18.1. The third-order valence-electron chi connectivity index (χ3n) is 5.65. The molecule has 5 heteroatoms. The van der Waals surface area contributed by atoms with Gasteiger partial charge >= 0.3 is 0 Å². The molecule has 4 rings (SSSR count). The molecule has 0 saturated heterocycles. The molecule has 5 nitrogen and oxygen atoms in total. The lowest BCUT2D eigenvalue weighted by Crippen LogP contribution is -2.30. The second-order valence-electron chi connectivity index (χ2n) is 7.15. The average molecular weight is 349 g/mol. The number of hydrogen-bond donors (Lipinski definition) is 3. The maximum Gasteiger partial charge on any atom is 0.253 e. The summed E-state index contributed by atoms with van der Waals surface area (Å²) in [4.78, 5) is 25.2. The van der Waals surface area contributed by atoms with Gasteiger partial charge < -0.3 is 16.4 Å². The Morgan fingerprint density at radius 2 is 1.88 bits per heavy atom. The molecule has 2 aliphatic carbocycles. The van der Waals surface area contributed by atoms with Crippen molar-refractivity contribution in [1.29, 1.82) is 0 Å². The number of benzene rings is 2. The first-order valence-corrected chi connectivity index (χ1v) is 9.12. The molecule has 2 aliphatic rings. The molecule has 2 atom stereocenters. The van der Waals surface area contributed by atoms with Gasteiger partial charge in [-0.2, -0.15) is 0 Å². The summed E-state index contributed by atoms with van der Waals surface area (Å²) >= 11 is 0. The molecule has 0 aromatic heterocycles. The number of aryl methyl sites for hydroxylation is 1. The van der Waals surface area contributed by atoms with E-state index < -0.39 is 0 Å². The molecular formula is C21H23N3O2. The Labute approximate surface area is 153 Å². The molecule has 2 aromatic carbocycles. The highest BCUT2D eigenvalue weighted by atomic mass is 16.2. The van der Waals surface area contributed by atoms with Crippen molar-refractivity contribution in [3.63, 3.8) is 0 Å². The summed E-state index contributed by atoms with van der Waals surface area (Å²) in [5.74, 6) is -0.241. The number of fused-ring (bicyclic) bond motifs is 2. The predicted octanol–water partition coefficient (Wildman–Crippen LogP) is 2.22. The van der Waals surface area contributed by atoms with Crippen LogP contribution in [0.15, 0.2) is 48.5 Å². The van der Waals surface area contributed by atoms with Crippen LogP contribution in [0, 0.1) is 5.92 Å². The lowest BCUT2D eigenvalue weighted by atomic mass is 9.95. The van der Waals surface area contributed by atoms with E-state index >= 15 is 0 Å². The standard InChI is InChI=1S/C21H23N3O2/c22-11-12-23-19(25)15-6-2-4-8-18(15)24-20(26)17-13-21(17)10-9-14-5-1-3-7-16(14)21/h1-8,17H,9-13,22H2,(H,23,25)(H,24,26)/t17-,21+/m1/s1. The molecule has 0 bridgehead atoms. The van der Waals surface area contributed by atoms with Gasteiger partial charge in [0.1, 0.15) is 0 Å². The van der Waals surface area contributed by atoms with E-state index in [0.717, 1.165) is 19.3 Å². The van der Waals surface area contributed by atoms with Crippen molar-refractivity contribution in [3.8, 4) is 0 Å². The van der Waals surface area contributed by atoms with Crippen LogP contribution < -0.4 is 16.4 Å². The lowest BCUT2D eigenvalue weighted by Gasteiger charge is -2.14. The van der Waals surface area contributed by atoms with Crippen LogP contribution in [0.25, 0.3) is 0 Å². The number of nitrogens with two attached hydrogens (primary N) is 1. The number of carbonyl (C=O) groups is 2. The quantitative estimate of drug-likeness (QED) is 0.774. The number of anilines is 1. The van der Waals surface area contributed by atoms with E-state index in [1.54, 1.807) is 18.2 Å². The zero-order valence-electron chi connectivity index (χ0n) is 14.6. The molecule has 0 aliphatic heterocycles. The summed E-state index contributed by atoms with van der Waals surface area (Å²) in [6, 6.07) is 15.5. The minimum Gasteiger partial charge on any atom is -0.351 e. The molecule has 2 aromatic rings. The van der Waals surface area contributed by atoms with Gasteiger partial charge in [-0.3, -0.25) is 9.59 Å². The molecule has 0 radical (unpaired) electrons. The molecule has 1 saturated carbocycles. The van der Waals surface area contributed by atoms with Crippen LogP contribution in [0.2, 0.25) is 0 Å². The maximum atomic E-state index is 12.9. The Morgan fingerprint density at radius 1 is 1.12 bits per heavy atom. The van der Waals surface area contributed by atoms with Crippen LogP contribution in [0.3, 0.4) is 0 Å². The third kappa shape index (κ3) is 2.78. The van der Waals surface area contributed by atoms with Gasteiger partial charge in [0.15, 0.2) is 0 Å². The smallest absolute Gasteiger partial charge is 0.253 e. The number of hydrogen-bond acceptors (Lipinski definition) is 3.